The second-order valence-electron chi connectivity index (χ2n) is 5.26. The van der Waals surface area contributed by atoms with E-state index in [1.54, 1.807) is 0 Å². The molecule has 0 aliphatic carbocycles. The Hall–Kier alpha value is -0.830. The van der Waals surface area contributed by atoms with Crippen LogP contribution in [0.1, 0.15) is 42.1 Å². The van der Waals surface area contributed by atoms with E-state index in [9.17, 15) is 4.79 Å². The fourth-order valence-electron chi connectivity index (χ4n) is 2.45. The Morgan fingerprint density at radius 1 is 1.33 bits per heavy atom. The first-order chi connectivity index (χ1) is 8.59. The van der Waals surface area contributed by atoms with Crippen LogP contribution >= 0.6 is 15.9 Å². The average molecular weight is 310 g/mol. The van der Waals surface area contributed by atoms with Crippen molar-refractivity contribution < 1.29 is 4.79 Å². The molecule has 0 radical (unpaired) electrons. The molecule has 1 heterocycles. The van der Waals surface area contributed by atoms with Crippen LogP contribution in [0.5, 0.6) is 0 Å². The predicted molar refractivity (Wildman–Crippen MR) is 77.8 cm³/mol. The van der Waals surface area contributed by atoms with Crippen LogP contribution in [0.4, 0.5) is 0 Å². The highest BCUT2D eigenvalue weighted by Crippen LogP contribution is 2.24. The summed E-state index contributed by atoms with van der Waals surface area (Å²) in [5.41, 5.74) is 1.91. The highest BCUT2D eigenvalue weighted by molar-refractivity contribution is 9.10. The number of hydrogen-bond acceptors (Lipinski definition) is 1. The number of likely N-dealkylation sites (tertiary alicyclic amines) is 1. The molecule has 0 bridgehead atoms. The second kappa shape index (κ2) is 5.87. The summed E-state index contributed by atoms with van der Waals surface area (Å²) >= 11 is 3.53. The van der Waals surface area contributed by atoms with Crippen LogP contribution in [0.15, 0.2) is 22.7 Å². The van der Waals surface area contributed by atoms with Gasteiger partial charge in [0.1, 0.15) is 0 Å². The number of carbonyl (C=O) groups is 1. The Morgan fingerprint density at radius 2 is 2.11 bits per heavy atom. The molecule has 1 atom stereocenters. The largest absolute Gasteiger partial charge is 0.339 e. The molecule has 2 rings (SSSR count). The van der Waals surface area contributed by atoms with Crippen LogP contribution in [0.3, 0.4) is 0 Å². The molecule has 1 amide bonds. The lowest BCUT2D eigenvalue weighted by atomic mass is 10.0. The van der Waals surface area contributed by atoms with Crippen molar-refractivity contribution in [2.24, 2.45) is 5.92 Å². The van der Waals surface area contributed by atoms with E-state index in [1.807, 2.05) is 30.0 Å². The molecule has 1 aromatic carbocycles. The lowest BCUT2D eigenvalue weighted by Gasteiger charge is -2.21. The summed E-state index contributed by atoms with van der Waals surface area (Å²) in [4.78, 5) is 14.5. The number of benzene rings is 1. The molecule has 1 aliphatic rings. The van der Waals surface area contributed by atoms with Gasteiger partial charge in [0.25, 0.3) is 5.91 Å². The lowest BCUT2D eigenvalue weighted by Crippen LogP contribution is -2.32. The molecule has 0 saturated carbocycles. The predicted octanol–water partition coefficient (Wildman–Crippen LogP) is 4.02. The first kappa shape index (κ1) is 13.6. The third-order valence-electron chi connectivity index (χ3n) is 3.73. The maximum atomic E-state index is 12.5. The fraction of sp³-hybridized carbons (Fsp3) is 0.533. The van der Waals surface area contributed by atoms with Gasteiger partial charge in [0.05, 0.1) is 5.56 Å². The normalized spacial score (nSPS) is 20.6. The van der Waals surface area contributed by atoms with E-state index in [0.29, 0.717) is 0 Å². The van der Waals surface area contributed by atoms with Gasteiger partial charge in [0.2, 0.25) is 0 Å². The molecule has 0 spiro atoms. The Labute approximate surface area is 117 Å². The van der Waals surface area contributed by atoms with Crippen molar-refractivity contribution in [2.75, 3.05) is 13.1 Å². The first-order valence-electron chi connectivity index (χ1n) is 6.64. The average Bonchev–Trinajstić information content (AvgIpc) is 2.57. The second-order valence-corrected chi connectivity index (χ2v) is 6.06. The van der Waals surface area contributed by atoms with Gasteiger partial charge in [-0.3, -0.25) is 4.79 Å². The summed E-state index contributed by atoms with van der Waals surface area (Å²) in [5.74, 6) is 0.906. The molecule has 98 valence electrons. The van der Waals surface area contributed by atoms with Gasteiger partial charge in [-0.15, -0.1) is 0 Å². The fourth-order valence-corrected chi connectivity index (χ4v) is 2.88. The summed E-state index contributed by atoms with van der Waals surface area (Å²) < 4.78 is 0.937. The van der Waals surface area contributed by atoms with Crippen molar-refractivity contribution >= 4 is 21.8 Å². The monoisotopic (exact) mass is 309 g/mol. The molecule has 2 nitrogen and oxygen atoms in total. The highest BCUT2D eigenvalue weighted by atomic mass is 79.9. The molecule has 0 aromatic heterocycles. The number of carbonyl (C=O) groups excluding carboxylic acids is 1. The van der Waals surface area contributed by atoms with E-state index in [4.69, 9.17) is 0 Å². The third kappa shape index (κ3) is 2.94. The van der Waals surface area contributed by atoms with Crippen LogP contribution in [0.25, 0.3) is 0 Å². The van der Waals surface area contributed by atoms with Crippen molar-refractivity contribution in [1.82, 2.24) is 4.90 Å². The van der Waals surface area contributed by atoms with Crippen molar-refractivity contribution in [3.05, 3.63) is 33.8 Å². The minimum Gasteiger partial charge on any atom is -0.339 e. The Bertz CT molecular complexity index is 444. The third-order valence-corrected chi connectivity index (χ3v) is 4.78. The minimum absolute atomic E-state index is 0.166. The Morgan fingerprint density at radius 3 is 2.89 bits per heavy atom. The maximum Gasteiger partial charge on any atom is 0.255 e. The van der Waals surface area contributed by atoms with Crippen molar-refractivity contribution in [3.8, 4) is 0 Å². The molecular formula is C15H20BrNO. The first-order valence-corrected chi connectivity index (χ1v) is 7.43. The van der Waals surface area contributed by atoms with Gasteiger partial charge in [-0.05, 0) is 59.7 Å². The number of hydrogen-bond donors (Lipinski definition) is 0. The van der Waals surface area contributed by atoms with Gasteiger partial charge in [-0.2, -0.15) is 0 Å². The molecule has 1 fully saturated rings. The van der Waals surface area contributed by atoms with Gasteiger partial charge in [0.15, 0.2) is 0 Å². The van der Waals surface area contributed by atoms with Crippen LogP contribution in [-0.2, 0) is 0 Å². The van der Waals surface area contributed by atoms with E-state index in [0.717, 1.165) is 47.4 Å². The summed E-state index contributed by atoms with van der Waals surface area (Å²) in [7, 11) is 0. The van der Waals surface area contributed by atoms with Gasteiger partial charge in [-0.1, -0.05) is 19.1 Å². The van der Waals surface area contributed by atoms with E-state index in [2.05, 4.69) is 22.9 Å². The number of amides is 1. The van der Waals surface area contributed by atoms with Crippen LogP contribution in [0, 0.1) is 12.8 Å². The molecule has 1 unspecified atom stereocenters. The zero-order valence-corrected chi connectivity index (χ0v) is 12.7. The molecule has 1 aliphatic heterocycles. The molecule has 1 aromatic rings. The van der Waals surface area contributed by atoms with Gasteiger partial charge < -0.3 is 4.90 Å². The smallest absolute Gasteiger partial charge is 0.255 e. The number of halogens is 1. The molecule has 0 N–H and O–H groups in total. The van der Waals surface area contributed by atoms with Gasteiger partial charge in [0, 0.05) is 17.6 Å². The van der Waals surface area contributed by atoms with Crippen LogP contribution in [0.2, 0.25) is 0 Å². The molecule has 3 heteroatoms. The number of rotatable bonds is 1. The Balaban J connectivity index is 2.18. The van der Waals surface area contributed by atoms with E-state index < -0.39 is 0 Å². The zero-order valence-electron chi connectivity index (χ0n) is 11.1. The van der Waals surface area contributed by atoms with Crippen molar-refractivity contribution in [3.63, 3.8) is 0 Å². The lowest BCUT2D eigenvalue weighted by molar-refractivity contribution is 0.0759. The SMILES string of the molecule is Cc1cccc(C(=O)N2CCCC(C)CC2)c1Br. The van der Waals surface area contributed by atoms with Crippen LogP contribution in [-0.4, -0.2) is 23.9 Å². The van der Waals surface area contributed by atoms with Gasteiger partial charge in [-0.25, -0.2) is 0 Å². The van der Waals surface area contributed by atoms with E-state index >= 15 is 0 Å². The van der Waals surface area contributed by atoms with Crippen molar-refractivity contribution in [2.45, 2.75) is 33.1 Å². The number of nitrogens with zero attached hydrogens (tertiary/aromatic N) is 1. The summed E-state index contributed by atoms with van der Waals surface area (Å²) in [6.07, 6.45) is 3.48. The highest BCUT2D eigenvalue weighted by Gasteiger charge is 2.21. The van der Waals surface area contributed by atoms with E-state index in [-0.39, 0.29) is 5.91 Å². The van der Waals surface area contributed by atoms with E-state index in [1.165, 1.54) is 6.42 Å². The zero-order chi connectivity index (χ0) is 13.1. The van der Waals surface area contributed by atoms with Gasteiger partial charge >= 0.3 is 0 Å². The number of aryl methyl sites for hydroxylation is 1. The van der Waals surface area contributed by atoms with Crippen molar-refractivity contribution in [1.29, 1.82) is 0 Å². The Kier molecular flexibility index (Phi) is 4.44. The standard InChI is InChI=1S/C15H20BrNO/c1-11-5-4-9-17(10-8-11)15(18)13-7-3-6-12(2)14(13)16/h3,6-7,11H,4-5,8-10H2,1-2H3. The molecule has 1 saturated heterocycles. The maximum absolute atomic E-state index is 12.5. The topological polar surface area (TPSA) is 20.3 Å². The quantitative estimate of drug-likeness (QED) is 0.767. The molecular weight excluding hydrogens is 290 g/mol. The molecule has 18 heavy (non-hydrogen) atoms. The summed E-state index contributed by atoms with van der Waals surface area (Å²) in [6, 6.07) is 5.88. The minimum atomic E-state index is 0.166. The summed E-state index contributed by atoms with van der Waals surface area (Å²) in [6.45, 7) is 6.08. The van der Waals surface area contributed by atoms with Crippen LogP contribution < -0.4 is 0 Å². The summed E-state index contributed by atoms with van der Waals surface area (Å²) in [5, 5.41) is 0.